The Kier molecular flexibility index (Phi) is 7.90. The zero-order chi connectivity index (χ0) is 18.9. The van der Waals surface area contributed by atoms with Crippen LogP contribution in [0.25, 0.3) is 0 Å². The number of ketones is 1. The molecule has 0 spiro atoms. The minimum Gasteiger partial charge on any atom is -0.394 e. The molecule has 2 aromatic carbocycles. The van der Waals surface area contributed by atoms with Crippen LogP contribution >= 0.6 is 0 Å². The summed E-state index contributed by atoms with van der Waals surface area (Å²) in [7, 11) is 0. The maximum absolute atomic E-state index is 12.4. The highest BCUT2D eigenvalue weighted by Gasteiger charge is 2.30. The highest BCUT2D eigenvalue weighted by atomic mass is 16.4. The van der Waals surface area contributed by atoms with Crippen molar-refractivity contribution < 1.29 is 25.2 Å². The molecular formula is C20H25NO5. The minimum atomic E-state index is -1.76. The Labute approximate surface area is 153 Å². The fourth-order valence-electron chi connectivity index (χ4n) is 2.67. The summed E-state index contributed by atoms with van der Waals surface area (Å²) in [5.41, 5.74) is 2.03. The van der Waals surface area contributed by atoms with Gasteiger partial charge in [-0.05, 0) is 11.1 Å². The number of rotatable bonds is 10. The van der Waals surface area contributed by atoms with E-state index in [-0.39, 0.29) is 6.54 Å². The molecule has 0 amide bonds. The highest BCUT2D eigenvalue weighted by molar-refractivity contribution is 5.85. The Morgan fingerprint density at radius 1 is 0.846 bits per heavy atom. The van der Waals surface area contributed by atoms with E-state index in [1.807, 2.05) is 65.6 Å². The summed E-state index contributed by atoms with van der Waals surface area (Å²) in [6.45, 7) is 0.156. The van der Waals surface area contributed by atoms with Crippen LogP contribution in [0.3, 0.4) is 0 Å². The van der Waals surface area contributed by atoms with E-state index >= 15 is 0 Å². The van der Waals surface area contributed by atoms with Crippen LogP contribution in [0.15, 0.2) is 60.7 Å². The van der Waals surface area contributed by atoms with Gasteiger partial charge < -0.3 is 20.4 Å². The lowest BCUT2D eigenvalue weighted by atomic mass is 10.0. The van der Waals surface area contributed by atoms with Crippen molar-refractivity contribution in [1.82, 2.24) is 4.90 Å². The smallest absolute Gasteiger partial charge is 0.177 e. The molecule has 2 rings (SSSR count). The molecule has 0 radical (unpaired) electrons. The first-order valence-electron chi connectivity index (χ1n) is 8.49. The summed E-state index contributed by atoms with van der Waals surface area (Å²) in [4.78, 5) is 14.2. The first-order valence-corrected chi connectivity index (χ1v) is 8.49. The van der Waals surface area contributed by atoms with Crippen LogP contribution in [0.1, 0.15) is 11.1 Å². The number of Topliss-reactive ketones (excluding diaryl/α,β-unsaturated/α-hetero) is 1. The third-order valence-corrected chi connectivity index (χ3v) is 4.11. The summed E-state index contributed by atoms with van der Waals surface area (Å²) in [6.07, 6.45) is -5.04. The average molecular weight is 359 g/mol. The van der Waals surface area contributed by atoms with E-state index < -0.39 is 30.7 Å². The zero-order valence-corrected chi connectivity index (χ0v) is 14.5. The van der Waals surface area contributed by atoms with Crippen molar-refractivity contribution in [3.05, 3.63) is 71.8 Å². The number of hydrogen-bond donors (Lipinski definition) is 4. The fourth-order valence-corrected chi connectivity index (χ4v) is 2.67. The van der Waals surface area contributed by atoms with Crippen LogP contribution in [0.5, 0.6) is 0 Å². The van der Waals surface area contributed by atoms with Gasteiger partial charge in [-0.1, -0.05) is 60.7 Å². The van der Waals surface area contributed by atoms with E-state index in [1.54, 1.807) is 0 Å². The number of carbonyl (C=O) groups excluding carboxylic acids is 1. The lowest BCUT2D eigenvalue weighted by Crippen LogP contribution is -2.47. The molecule has 2 aromatic rings. The molecule has 0 aliphatic heterocycles. The van der Waals surface area contributed by atoms with Gasteiger partial charge in [-0.25, -0.2) is 0 Å². The Balaban J connectivity index is 2.08. The molecule has 140 valence electrons. The molecule has 0 saturated carbocycles. The number of carbonyl (C=O) groups is 1. The zero-order valence-electron chi connectivity index (χ0n) is 14.5. The highest BCUT2D eigenvalue weighted by Crippen LogP contribution is 2.11. The van der Waals surface area contributed by atoms with Crippen LogP contribution in [0.4, 0.5) is 0 Å². The summed E-state index contributed by atoms with van der Waals surface area (Å²) >= 11 is 0. The third kappa shape index (κ3) is 6.01. The molecule has 0 bridgehead atoms. The van der Waals surface area contributed by atoms with Crippen molar-refractivity contribution in [2.75, 3.05) is 13.2 Å². The molecule has 0 unspecified atom stereocenters. The molecule has 4 N–H and O–H groups in total. The molecule has 0 aromatic heterocycles. The molecule has 0 fully saturated rings. The normalized spacial score (nSPS) is 14.8. The number of hydrogen-bond acceptors (Lipinski definition) is 6. The third-order valence-electron chi connectivity index (χ3n) is 4.11. The second-order valence-corrected chi connectivity index (χ2v) is 6.27. The lowest BCUT2D eigenvalue weighted by Gasteiger charge is -2.25. The van der Waals surface area contributed by atoms with Gasteiger partial charge in [-0.2, -0.15) is 0 Å². The van der Waals surface area contributed by atoms with E-state index in [1.165, 1.54) is 0 Å². The van der Waals surface area contributed by atoms with Gasteiger partial charge in [0.05, 0.1) is 13.2 Å². The van der Waals surface area contributed by atoms with Crippen molar-refractivity contribution in [3.8, 4) is 0 Å². The van der Waals surface area contributed by atoms with E-state index in [4.69, 9.17) is 5.11 Å². The van der Waals surface area contributed by atoms with Gasteiger partial charge in [0.15, 0.2) is 5.78 Å². The molecule has 0 heterocycles. The van der Waals surface area contributed by atoms with Crippen LogP contribution < -0.4 is 0 Å². The van der Waals surface area contributed by atoms with Gasteiger partial charge in [-0.3, -0.25) is 9.69 Å². The number of benzene rings is 2. The monoisotopic (exact) mass is 359 g/mol. The second kappa shape index (κ2) is 10.2. The minimum absolute atomic E-state index is 0.0971. The molecule has 0 saturated heterocycles. The van der Waals surface area contributed by atoms with Gasteiger partial charge in [0, 0.05) is 13.1 Å². The van der Waals surface area contributed by atoms with Crippen LogP contribution in [0, 0.1) is 0 Å². The first-order chi connectivity index (χ1) is 12.5. The maximum Gasteiger partial charge on any atom is 0.177 e. The van der Waals surface area contributed by atoms with Crippen LogP contribution in [-0.2, 0) is 17.9 Å². The van der Waals surface area contributed by atoms with Crippen molar-refractivity contribution in [1.29, 1.82) is 0 Å². The molecule has 6 heteroatoms. The summed E-state index contributed by atoms with van der Waals surface area (Å²) in [5, 5.41) is 38.0. The van der Waals surface area contributed by atoms with Crippen molar-refractivity contribution >= 4 is 5.78 Å². The predicted octanol–water partition coefficient (Wildman–Crippen LogP) is 0.333. The molecular weight excluding hydrogens is 334 g/mol. The molecule has 0 aliphatic carbocycles. The van der Waals surface area contributed by atoms with Crippen LogP contribution in [0.2, 0.25) is 0 Å². The average Bonchev–Trinajstić information content (AvgIpc) is 2.67. The Hall–Kier alpha value is -2.09. The summed E-state index contributed by atoms with van der Waals surface area (Å²) in [6, 6.07) is 19.3. The van der Waals surface area contributed by atoms with Gasteiger partial charge in [0.25, 0.3) is 0 Å². The second-order valence-electron chi connectivity index (χ2n) is 6.27. The van der Waals surface area contributed by atoms with Gasteiger partial charge in [0.1, 0.15) is 18.3 Å². The quantitative estimate of drug-likeness (QED) is 0.488. The maximum atomic E-state index is 12.4. The summed E-state index contributed by atoms with van der Waals surface area (Å²) in [5.74, 6) is -0.614. The summed E-state index contributed by atoms with van der Waals surface area (Å²) < 4.78 is 0. The molecule has 26 heavy (non-hydrogen) atoms. The predicted molar refractivity (Wildman–Crippen MR) is 97.1 cm³/mol. The number of aliphatic hydroxyl groups is 4. The van der Waals surface area contributed by atoms with Gasteiger partial charge in [0.2, 0.25) is 0 Å². The van der Waals surface area contributed by atoms with E-state index in [9.17, 15) is 20.1 Å². The van der Waals surface area contributed by atoms with Crippen molar-refractivity contribution in [2.24, 2.45) is 0 Å². The molecule has 0 aliphatic rings. The Morgan fingerprint density at radius 3 is 1.73 bits per heavy atom. The Morgan fingerprint density at radius 2 is 1.31 bits per heavy atom. The Bertz CT molecular complexity index is 623. The number of aliphatic hydroxyl groups excluding tert-OH is 4. The van der Waals surface area contributed by atoms with Crippen LogP contribution in [-0.4, -0.2) is 62.6 Å². The van der Waals surface area contributed by atoms with E-state index in [0.717, 1.165) is 11.1 Å². The van der Waals surface area contributed by atoms with E-state index in [0.29, 0.717) is 13.1 Å². The van der Waals surface area contributed by atoms with Gasteiger partial charge in [-0.15, -0.1) is 0 Å². The first kappa shape index (κ1) is 20.2. The van der Waals surface area contributed by atoms with Gasteiger partial charge >= 0.3 is 0 Å². The lowest BCUT2D eigenvalue weighted by molar-refractivity contribution is -0.141. The SMILES string of the molecule is O=C(CN(Cc1ccccc1)Cc1ccccc1)[C@@H](O)[C@H](O)[C@H](O)CO. The van der Waals surface area contributed by atoms with Crippen molar-refractivity contribution in [2.45, 2.75) is 31.4 Å². The molecule has 3 atom stereocenters. The fraction of sp³-hybridized carbons (Fsp3) is 0.350. The largest absolute Gasteiger partial charge is 0.394 e. The standard InChI is InChI=1S/C20H25NO5/c22-14-18(24)20(26)19(25)17(23)13-21(11-15-7-3-1-4-8-15)12-16-9-5-2-6-10-16/h1-10,18-20,22,24-26H,11-14H2/t18-,19-,20-/m1/s1. The number of nitrogens with zero attached hydrogens (tertiary/aromatic N) is 1. The topological polar surface area (TPSA) is 101 Å². The van der Waals surface area contributed by atoms with Crippen molar-refractivity contribution in [3.63, 3.8) is 0 Å². The van der Waals surface area contributed by atoms with E-state index in [2.05, 4.69) is 0 Å². The molecule has 6 nitrogen and oxygen atoms in total.